The lowest BCUT2D eigenvalue weighted by molar-refractivity contribution is -0.133. The van der Waals surface area contributed by atoms with E-state index in [1.54, 1.807) is 11.0 Å². The molecule has 1 rings (SSSR count). The van der Waals surface area contributed by atoms with E-state index in [4.69, 9.17) is 27.9 Å². The third kappa shape index (κ3) is 5.06. The number of carbonyl (C=O) groups excluding carboxylic acids is 2. The molecule has 21 heavy (non-hydrogen) atoms. The van der Waals surface area contributed by atoms with Gasteiger partial charge in [-0.2, -0.15) is 0 Å². The molecule has 0 saturated heterocycles. The Hall–Kier alpha value is -1.52. The lowest BCUT2D eigenvalue weighted by Crippen LogP contribution is -2.35. The first-order valence-electron chi connectivity index (χ1n) is 6.40. The van der Waals surface area contributed by atoms with Crippen LogP contribution in [0, 0.1) is 0 Å². The number of benzene rings is 1. The van der Waals surface area contributed by atoms with Crippen LogP contribution in [0.4, 0.5) is 0 Å². The van der Waals surface area contributed by atoms with Crippen LogP contribution in [0.25, 0.3) is 0 Å². The molecular formula is C15H17Cl2NO3. The summed E-state index contributed by atoms with van der Waals surface area (Å²) >= 11 is 11.8. The lowest BCUT2D eigenvalue weighted by atomic mass is 10.2. The molecule has 0 heterocycles. The summed E-state index contributed by atoms with van der Waals surface area (Å²) in [6, 6.07) is 4.69. The molecule has 0 bridgehead atoms. The molecule has 6 heteroatoms. The molecular weight excluding hydrogens is 313 g/mol. The van der Waals surface area contributed by atoms with Crippen LogP contribution in [0.15, 0.2) is 30.4 Å². The summed E-state index contributed by atoms with van der Waals surface area (Å²) in [5.41, 5.74) is 0.919. The second-order valence-corrected chi connectivity index (χ2v) is 5.35. The van der Waals surface area contributed by atoms with Crippen LogP contribution in [0.3, 0.4) is 0 Å². The van der Waals surface area contributed by atoms with Crippen LogP contribution >= 0.6 is 23.2 Å². The molecule has 0 aromatic heterocycles. The molecule has 0 aliphatic heterocycles. The Bertz CT molecular complexity index is 538. The van der Waals surface area contributed by atoms with Crippen molar-refractivity contribution in [3.63, 3.8) is 0 Å². The number of esters is 1. The van der Waals surface area contributed by atoms with Crippen molar-refractivity contribution in [3.8, 4) is 0 Å². The number of ether oxygens (including phenoxy) is 1. The quantitative estimate of drug-likeness (QED) is 0.592. The molecule has 0 atom stereocenters. The molecule has 0 N–H and O–H groups in total. The molecule has 0 saturated carbocycles. The Morgan fingerprint density at radius 2 is 1.86 bits per heavy atom. The van der Waals surface area contributed by atoms with Crippen molar-refractivity contribution >= 4 is 35.1 Å². The second-order valence-electron chi connectivity index (χ2n) is 4.54. The number of rotatable bonds is 6. The first-order valence-corrected chi connectivity index (χ1v) is 7.15. The van der Waals surface area contributed by atoms with Gasteiger partial charge < -0.3 is 9.64 Å². The van der Waals surface area contributed by atoms with E-state index in [0.29, 0.717) is 13.1 Å². The van der Waals surface area contributed by atoms with E-state index in [-0.39, 0.29) is 28.1 Å². The molecule has 0 radical (unpaired) electrons. The topological polar surface area (TPSA) is 46.6 Å². The van der Waals surface area contributed by atoms with Crippen molar-refractivity contribution < 1.29 is 14.3 Å². The Labute approximate surface area is 134 Å². The first kappa shape index (κ1) is 17.5. The van der Waals surface area contributed by atoms with E-state index in [2.05, 4.69) is 6.58 Å². The first-order chi connectivity index (χ1) is 9.86. The molecule has 1 amide bonds. The summed E-state index contributed by atoms with van der Waals surface area (Å²) in [6.45, 7) is 8.00. The fourth-order valence-electron chi connectivity index (χ4n) is 1.69. The normalized spacial score (nSPS) is 10.1. The summed E-state index contributed by atoms with van der Waals surface area (Å²) in [6.07, 6.45) is 0. The third-order valence-corrected chi connectivity index (χ3v) is 3.32. The van der Waals surface area contributed by atoms with Crippen molar-refractivity contribution in [1.29, 1.82) is 0 Å². The zero-order valence-corrected chi connectivity index (χ0v) is 13.5. The van der Waals surface area contributed by atoms with E-state index >= 15 is 0 Å². The predicted octanol–water partition coefficient (Wildman–Crippen LogP) is 3.57. The standard InChI is InChI=1S/C15H17Cl2NO3/c1-4-18(8-10(2)3)13(19)9-21-15(20)14-11(16)6-5-7-12(14)17/h5-7H,2,4,8-9H2,1,3H3. The van der Waals surface area contributed by atoms with Gasteiger partial charge in [0.15, 0.2) is 6.61 Å². The van der Waals surface area contributed by atoms with Gasteiger partial charge in [-0.25, -0.2) is 4.79 Å². The van der Waals surface area contributed by atoms with Gasteiger partial charge in [0.25, 0.3) is 5.91 Å². The third-order valence-electron chi connectivity index (χ3n) is 2.69. The van der Waals surface area contributed by atoms with Gasteiger partial charge in [0, 0.05) is 13.1 Å². The van der Waals surface area contributed by atoms with Crippen LogP contribution < -0.4 is 0 Å². The highest BCUT2D eigenvalue weighted by atomic mass is 35.5. The molecule has 0 aliphatic rings. The number of hydrogen-bond acceptors (Lipinski definition) is 3. The summed E-state index contributed by atoms with van der Waals surface area (Å²) in [5, 5.41) is 0.378. The Morgan fingerprint density at radius 3 is 2.33 bits per heavy atom. The Kier molecular flexibility index (Phi) is 6.72. The average Bonchev–Trinajstić information content (AvgIpc) is 2.41. The second kappa shape index (κ2) is 8.05. The Balaban J connectivity index is 2.68. The summed E-state index contributed by atoms with van der Waals surface area (Å²) in [5.74, 6) is -1.01. The minimum absolute atomic E-state index is 0.0663. The smallest absolute Gasteiger partial charge is 0.341 e. The van der Waals surface area contributed by atoms with Crippen LogP contribution in [0.1, 0.15) is 24.2 Å². The molecule has 0 unspecified atom stereocenters. The number of carbonyl (C=O) groups is 2. The van der Waals surface area contributed by atoms with Gasteiger partial charge in [-0.05, 0) is 26.0 Å². The van der Waals surface area contributed by atoms with Crippen molar-refractivity contribution in [3.05, 3.63) is 46.0 Å². The van der Waals surface area contributed by atoms with E-state index in [1.165, 1.54) is 12.1 Å². The zero-order chi connectivity index (χ0) is 16.0. The lowest BCUT2D eigenvalue weighted by Gasteiger charge is -2.20. The van der Waals surface area contributed by atoms with Crippen LogP contribution in [-0.2, 0) is 9.53 Å². The largest absolute Gasteiger partial charge is 0.452 e. The van der Waals surface area contributed by atoms with E-state index in [1.807, 2.05) is 13.8 Å². The minimum atomic E-state index is -0.717. The molecule has 114 valence electrons. The zero-order valence-electron chi connectivity index (χ0n) is 12.0. The summed E-state index contributed by atoms with van der Waals surface area (Å²) in [7, 11) is 0. The van der Waals surface area contributed by atoms with Crippen molar-refractivity contribution in [2.45, 2.75) is 13.8 Å². The SMILES string of the molecule is C=C(C)CN(CC)C(=O)COC(=O)c1c(Cl)cccc1Cl. The maximum Gasteiger partial charge on any atom is 0.341 e. The van der Waals surface area contributed by atoms with Gasteiger partial charge in [-0.1, -0.05) is 41.4 Å². The molecule has 1 aromatic rings. The van der Waals surface area contributed by atoms with E-state index in [0.717, 1.165) is 5.57 Å². The van der Waals surface area contributed by atoms with Gasteiger partial charge in [0.05, 0.1) is 15.6 Å². The number of nitrogens with zero attached hydrogens (tertiary/aromatic N) is 1. The molecule has 4 nitrogen and oxygen atoms in total. The fraction of sp³-hybridized carbons (Fsp3) is 0.333. The maximum atomic E-state index is 12.0. The van der Waals surface area contributed by atoms with Crippen molar-refractivity contribution in [1.82, 2.24) is 4.90 Å². The van der Waals surface area contributed by atoms with Gasteiger partial charge in [-0.3, -0.25) is 4.79 Å². The van der Waals surface area contributed by atoms with Gasteiger partial charge in [0.2, 0.25) is 0 Å². The van der Waals surface area contributed by atoms with Crippen molar-refractivity contribution in [2.24, 2.45) is 0 Å². The maximum absolute atomic E-state index is 12.0. The highest BCUT2D eigenvalue weighted by molar-refractivity contribution is 6.39. The minimum Gasteiger partial charge on any atom is -0.452 e. The highest BCUT2D eigenvalue weighted by Crippen LogP contribution is 2.24. The van der Waals surface area contributed by atoms with E-state index in [9.17, 15) is 9.59 Å². The van der Waals surface area contributed by atoms with Gasteiger partial charge in [-0.15, -0.1) is 0 Å². The fourth-order valence-corrected chi connectivity index (χ4v) is 2.24. The number of likely N-dealkylation sites (N-methyl/N-ethyl adjacent to an activating group) is 1. The predicted molar refractivity (Wildman–Crippen MR) is 83.8 cm³/mol. The summed E-state index contributed by atoms with van der Waals surface area (Å²) in [4.78, 5) is 25.4. The number of amides is 1. The van der Waals surface area contributed by atoms with Crippen LogP contribution in [-0.4, -0.2) is 36.5 Å². The number of halogens is 2. The molecule has 0 aliphatic carbocycles. The number of hydrogen-bond donors (Lipinski definition) is 0. The highest BCUT2D eigenvalue weighted by Gasteiger charge is 2.19. The average molecular weight is 330 g/mol. The van der Waals surface area contributed by atoms with E-state index < -0.39 is 5.97 Å². The summed E-state index contributed by atoms with van der Waals surface area (Å²) < 4.78 is 4.99. The monoisotopic (exact) mass is 329 g/mol. The van der Waals surface area contributed by atoms with Gasteiger partial charge in [0.1, 0.15) is 0 Å². The van der Waals surface area contributed by atoms with Crippen molar-refractivity contribution in [2.75, 3.05) is 19.7 Å². The van der Waals surface area contributed by atoms with Crippen LogP contribution in [0.5, 0.6) is 0 Å². The Morgan fingerprint density at radius 1 is 1.29 bits per heavy atom. The molecule has 0 spiro atoms. The molecule has 0 fully saturated rings. The molecule has 1 aromatic carbocycles. The van der Waals surface area contributed by atoms with Crippen LogP contribution in [0.2, 0.25) is 10.0 Å². The van der Waals surface area contributed by atoms with Gasteiger partial charge >= 0.3 is 5.97 Å².